The fraction of sp³-hybridized carbons (Fsp3) is 0.647. The molecule has 1 N–H and O–H groups in total. The number of hydrogen-bond acceptors (Lipinski definition) is 4. The summed E-state index contributed by atoms with van der Waals surface area (Å²) in [5, 5.41) is 3.55. The van der Waals surface area contributed by atoms with Gasteiger partial charge in [0.1, 0.15) is 12.4 Å². The molecule has 4 nitrogen and oxygen atoms in total. The Bertz CT molecular complexity index is 458. The van der Waals surface area contributed by atoms with Gasteiger partial charge in [-0.05, 0) is 42.6 Å². The molecule has 4 heteroatoms. The zero-order valence-corrected chi connectivity index (χ0v) is 12.9. The number of nitrogens with one attached hydrogen (secondary N) is 1. The van der Waals surface area contributed by atoms with Crippen LogP contribution in [0, 0.1) is 0 Å². The Hall–Kier alpha value is -1.10. The number of rotatable bonds is 6. The van der Waals surface area contributed by atoms with E-state index >= 15 is 0 Å². The maximum Gasteiger partial charge on any atom is 0.119 e. The zero-order valence-electron chi connectivity index (χ0n) is 12.9. The first kappa shape index (κ1) is 14.8. The maximum atomic E-state index is 5.93. The maximum absolute atomic E-state index is 5.93. The van der Waals surface area contributed by atoms with Gasteiger partial charge in [0, 0.05) is 25.7 Å². The second kappa shape index (κ2) is 7.25. The quantitative estimate of drug-likeness (QED) is 0.869. The molecular formula is C17H26N2O2. The Morgan fingerprint density at radius 1 is 1.33 bits per heavy atom. The summed E-state index contributed by atoms with van der Waals surface area (Å²) in [7, 11) is 0. The van der Waals surface area contributed by atoms with Crippen LogP contribution in [0.3, 0.4) is 0 Å². The lowest BCUT2D eigenvalue weighted by molar-refractivity contribution is 0.0322. The fourth-order valence-electron chi connectivity index (χ4n) is 3.26. The summed E-state index contributed by atoms with van der Waals surface area (Å²) in [5.41, 5.74) is 2.90. The minimum Gasteiger partial charge on any atom is -0.492 e. The summed E-state index contributed by atoms with van der Waals surface area (Å²) >= 11 is 0. The highest BCUT2D eigenvalue weighted by Crippen LogP contribution is 2.33. The number of hydrogen-bond donors (Lipinski definition) is 1. The van der Waals surface area contributed by atoms with Crippen molar-refractivity contribution in [3.05, 3.63) is 29.3 Å². The van der Waals surface area contributed by atoms with Crippen LogP contribution in [-0.4, -0.2) is 50.9 Å². The Labute approximate surface area is 127 Å². The average Bonchev–Trinajstić information content (AvgIpc) is 2.91. The predicted octanol–water partition coefficient (Wildman–Crippen LogP) is 1.99. The standard InChI is InChI=1S/C17H26N2O2/c1-2-18-17-6-3-14-13-15(4-5-16(14)17)21-12-9-19-7-10-20-11-8-19/h4-5,13,17-18H,2-3,6-12H2,1H3. The SMILES string of the molecule is CCNC1CCc2cc(OCCN3CCOCC3)ccc21. The van der Waals surface area contributed by atoms with Gasteiger partial charge in [-0.2, -0.15) is 0 Å². The third-order valence-corrected chi connectivity index (χ3v) is 4.42. The molecule has 1 saturated heterocycles. The van der Waals surface area contributed by atoms with E-state index in [1.807, 2.05) is 0 Å². The second-order valence-electron chi connectivity index (χ2n) is 5.81. The van der Waals surface area contributed by atoms with Crippen LogP contribution in [0.5, 0.6) is 5.75 Å². The molecule has 1 aliphatic heterocycles. The van der Waals surface area contributed by atoms with Gasteiger partial charge in [-0.1, -0.05) is 13.0 Å². The molecule has 1 atom stereocenters. The Balaban J connectivity index is 1.50. The molecule has 21 heavy (non-hydrogen) atoms. The van der Waals surface area contributed by atoms with E-state index in [0.717, 1.165) is 58.2 Å². The summed E-state index contributed by atoms with van der Waals surface area (Å²) in [6.07, 6.45) is 2.37. The first-order chi connectivity index (χ1) is 10.4. The molecule has 0 aromatic heterocycles. The molecule has 1 fully saturated rings. The van der Waals surface area contributed by atoms with Crippen molar-refractivity contribution in [2.45, 2.75) is 25.8 Å². The van der Waals surface area contributed by atoms with Crippen LogP contribution in [-0.2, 0) is 11.2 Å². The lowest BCUT2D eigenvalue weighted by Crippen LogP contribution is -2.38. The van der Waals surface area contributed by atoms with Gasteiger partial charge in [-0.15, -0.1) is 0 Å². The molecule has 1 aromatic carbocycles. The summed E-state index contributed by atoms with van der Waals surface area (Å²) in [4.78, 5) is 2.40. The number of fused-ring (bicyclic) bond motifs is 1. The number of nitrogens with zero attached hydrogens (tertiary/aromatic N) is 1. The number of aryl methyl sites for hydroxylation is 1. The van der Waals surface area contributed by atoms with Gasteiger partial charge in [0.15, 0.2) is 0 Å². The van der Waals surface area contributed by atoms with Crippen molar-refractivity contribution in [1.82, 2.24) is 10.2 Å². The summed E-state index contributed by atoms with van der Waals surface area (Å²) in [6.45, 7) is 8.70. The van der Waals surface area contributed by atoms with Gasteiger partial charge in [-0.25, -0.2) is 0 Å². The molecule has 1 heterocycles. The zero-order chi connectivity index (χ0) is 14.5. The normalized spacial score (nSPS) is 22.2. The topological polar surface area (TPSA) is 33.7 Å². The van der Waals surface area contributed by atoms with Crippen molar-refractivity contribution in [1.29, 1.82) is 0 Å². The smallest absolute Gasteiger partial charge is 0.119 e. The molecule has 1 unspecified atom stereocenters. The van der Waals surface area contributed by atoms with Crippen LogP contribution in [0.25, 0.3) is 0 Å². The van der Waals surface area contributed by atoms with Gasteiger partial charge in [-0.3, -0.25) is 4.90 Å². The minimum absolute atomic E-state index is 0.535. The van der Waals surface area contributed by atoms with E-state index in [1.54, 1.807) is 0 Å². The van der Waals surface area contributed by atoms with Crippen molar-refractivity contribution in [3.63, 3.8) is 0 Å². The molecule has 1 aliphatic carbocycles. The minimum atomic E-state index is 0.535. The van der Waals surface area contributed by atoms with Crippen molar-refractivity contribution >= 4 is 0 Å². The van der Waals surface area contributed by atoms with E-state index < -0.39 is 0 Å². The average molecular weight is 290 g/mol. The highest BCUT2D eigenvalue weighted by molar-refractivity contribution is 5.40. The Morgan fingerprint density at radius 3 is 3.00 bits per heavy atom. The molecule has 3 rings (SSSR count). The number of ether oxygens (including phenoxy) is 2. The molecule has 1 aromatic rings. The molecule has 116 valence electrons. The summed E-state index contributed by atoms with van der Waals surface area (Å²) in [6, 6.07) is 7.12. The lowest BCUT2D eigenvalue weighted by atomic mass is 10.1. The van der Waals surface area contributed by atoms with Crippen molar-refractivity contribution in [2.75, 3.05) is 46.0 Å². The van der Waals surface area contributed by atoms with Crippen LogP contribution in [0.15, 0.2) is 18.2 Å². The Morgan fingerprint density at radius 2 is 2.19 bits per heavy atom. The van der Waals surface area contributed by atoms with Crippen molar-refractivity contribution in [3.8, 4) is 5.75 Å². The Kier molecular flexibility index (Phi) is 5.12. The van der Waals surface area contributed by atoms with Gasteiger partial charge < -0.3 is 14.8 Å². The molecular weight excluding hydrogens is 264 g/mol. The molecule has 0 bridgehead atoms. The van der Waals surface area contributed by atoms with Crippen LogP contribution in [0.1, 0.15) is 30.5 Å². The molecule has 2 aliphatic rings. The first-order valence-corrected chi connectivity index (χ1v) is 8.16. The third-order valence-electron chi connectivity index (χ3n) is 4.42. The predicted molar refractivity (Wildman–Crippen MR) is 83.9 cm³/mol. The lowest BCUT2D eigenvalue weighted by Gasteiger charge is -2.26. The second-order valence-corrected chi connectivity index (χ2v) is 5.81. The van der Waals surface area contributed by atoms with Crippen molar-refractivity contribution < 1.29 is 9.47 Å². The molecule has 0 spiro atoms. The number of benzene rings is 1. The van der Waals surface area contributed by atoms with Crippen LogP contribution in [0.2, 0.25) is 0 Å². The van der Waals surface area contributed by atoms with E-state index in [1.165, 1.54) is 17.5 Å². The molecule has 0 radical (unpaired) electrons. The summed E-state index contributed by atoms with van der Waals surface area (Å²) in [5.74, 6) is 1.01. The summed E-state index contributed by atoms with van der Waals surface area (Å²) < 4.78 is 11.3. The third kappa shape index (κ3) is 3.76. The van der Waals surface area contributed by atoms with Gasteiger partial charge in [0.25, 0.3) is 0 Å². The number of morpholine rings is 1. The largest absolute Gasteiger partial charge is 0.492 e. The van der Waals surface area contributed by atoms with E-state index in [2.05, 4.69) is 35.3 Å². The van der Waals surface area contributed by atoms with E-state index in [0.29, 0.717) is 6.04 Å². The van der Waals surface area contributed by atoms with E-state index in [4.69, 9.17) is 9.47 Å². The van der Waals surface area contributed by atoms with Gasteiger partial charge >= 0.3 is 0 Å². The monoisotopic (exact) mass is 290 g/mol. The van der Waals surface area contributed by atoms with E-state index in [9.17, 15) is 0 Å². The molecule has 0 amide bonds. The van der Waals surface area contributed by atoms with Gasteiger partial charge in [0.2, 0.25) is 0 Å². The van der Waals surface area contributed by atoms with Crippen LogP contribution in [0.4, 0.5) is 0 Å². The highest BCUT2D eigenvalue weighted by atomic mass is 16.5. The van der Waals surface area contributed by atoms with Crippen molar-refractivity contribution in [2.24, 2.45) is 0 Å². The first-order valence-electron chi connectivity index (χ1n) is 8.16. The van der Waals surface area contributed by atoms with Crippen LogP contribution >= 0.6 is 0 Å². The fourth-order valence-corrected chi connectivity index (χ4v) is 3.26. The van der Waals surface area contributed by atoms with Crippen LogP contribution < -0.4 is 10.1 Å². The van der Waals surface area contributed by atoms with Gasteiger partial charge in [0.05, 0.1) is 13.2 Å². The highest BCUT2D eigenvalue weighted by Gasteiger charge is 2.21. The van der Waals surface area contributed by atoms with E-state index in [-0.39, 0.29) is 0 Å². The molecule has 0 saturated carbocycles.